The van der Waals surface area contributed by atoms with E-state index in [0.717, 1.165) is 32.1 Å². The third kappa shape index (κ3) is 27.6. The number of aliphatic hydroxyl groups excluding tert-OH is 1. The van der Waals surface area contributed by atoms with Crippen molar-refractivity contribution in [2.45, 2.75) is 226 Å². The second-order valence-corrected chi connectivity index (χ2v) is 21.5. The standard InChI is InChI=1S/C52H92N10O15/c1-12-14-16-18-20-51(10,61-40(65)27-53)49(76)59-37(24-32(7)8)46(73)58-39(26-42(68)69)48(75)62-52(11,21-19-17-15-13-2)50(77)60-36(23-31(5)6)45(72)57-38(25-41(66)67)47(74)56-35(22-30(3)4)44(71)54-33(9)43(70)55-34(28-63)29-64/h28,30-39,64H,12-27,29,53H2,1-11H3,(H,54,71)(H,55,70)(H,56,74)(H,57,72)(H,58,73)(H,59,76)(H,60,77)(H,61,65)(H,62,75)(H,66,67)(H,68,69)/t33-,34+,35-,36-,37-,38-,39-,51-,52-/m0/s1. The number of hydrogen-bond donors (Lipinski definition) is 13. The molecule has 0 bridgehead atoms. The van der Waals surface area contributed by atoms with Gasteiger partial charge in [0.05, 0.1) is 26.0 Å². The molecule has 9 amide bonds. The Morgan fingerprint density at radius 2 is 0.844 bits per heavy atom. The third-order valence-electron chi connectivity index (χ3n) is 12.5. The van der Waals surface area contributed by atoms with Gasteiger partial charge in [0.25, 0.3) is 0 Å². The molecule has 0 aromatic heterocycles. The summed E-state index contributed by atoms with van der Waals surface area (Å²) in [5.41, 5.74) is 2.19. The lowest BCUT2D eigenvalue weighted by Gasteiger charge is -2.34. The Hall–Kier alpha value is -6.24. The fourth-order valence-electron chi connectivity index (χ4n) is 8.13. The van der Waals surface area contributed by atoms with Gasteiger partial charge in [0, 0.05) is 0 Å². The van der Waals surface area contributed by atoms with E-state index in [4.69, 9.17) is 5.73 Å². The van der Waals surface area contributed by atoms with Crippen LogP contribution in [0.1, 0.15) is 172 Å². The number of carbonyl (C=O) groups is 12. The normalized spacial score (nSPS) is 15.6. The molecule has 25 heteroatoms. The van der Waals surface area contributed by atoms with Gasteiger partial charge in [-0.15, -0.1) is 0 Å². The molecule has 77 heavy (non-hydrogen) atoms. The highest BCUT2D eigenvalue weighted by Gasteiger charge is 2.42. The van der Waals surface area contributed by atoms with Crippen molar-refractivity contribution in [3.05, 3.63) is 0 Å². The molecule has 0 heterocycles. The quantitative estimate of drug-likeness (QED) is 0.0290. The summed E-state index contributed by atoms with van der Waals surface area (Å²) < 4.78 is 0. The summed E-state index contributed by atoms with van der Waals surface area (Å²) in [5, 5.41) is 51.6. The molecule has 0 aliphatic carbocycles. The van der Waals surface area contributed by atoms with Crippen molar-refractivity contribution in [2.75, 3.05) is 13.2 Å². The van der Waals surface area contributed by atoms with Crippen molar-refractivity contribution in [1.82, 2.24) is 47.9 Å². The summed E-state index contributed by atoms with van der Waals surface area (Å²) in [6.07, 6.45) is 4.08. The van der Waals surface area contributed by atoms with Crippen LogP contribution in [0.15, 0.2) is 0 Å². The number of aliphatic hydroxyl groups is 1. The summed E-state index contributed by atoms with van der Waals surface area (Å²) >= 11 is 0. The second-order valence-electron chi connectivity index (χ2n) is 21.5. The molecule has 0 aromatic rings. The first-order valence-electron chi connectivity index (χ1n) is 26.9. The highest BCUT2D eigenvalue weighted by molar-refractivity contribution is 6.00. The maximum atomic E-state index is 14.6. The molecular formula is C52H92N10O15. The number of carboxylic acids is 2. The molecule has 0 saturated carbocycles. The zero-order valence-electron chi connectivity index (χ0n) is 47.2. The summed E-state index contributed by atoms with van der Waals surface area (Å²) in [6, 6.07) is -10.3. The summed E-state index contributed by atoms with van der Waals surface area (Å²) in [4.78, 5) is 159. The number of amides is 9. The summed E-state index contributed by atoms with van der Waals surface area (Å²) in [5.74, 6) is -11.8. The average molecular weight is 1100 g/mol. The van der Waals surface area contributed by atoms with Crippen LogP contribution in [0, 0.1) is 17.8 Å². The molecule has 0 unspecified atom stereocenters. The number of nitrogens with one attached hydrogen (secondary N) is 9. The van der Waals surface area contributed by atoms with E-state index in [2.05, 4.69) is 47.9 Å². The first kappa shape index (κ1) is 70.8. The minimum absolute atomic E-state index is 0.0107. The minimum Gasteiger partial charge on any atom is -0.481 e. The van der Waals surface area contributed by atoms with Crippen LogP contribution in [0.3, 0.4) is 0 Å². The molecule has 14 N–H and O–H groups in total. The molecule has 9 atom stereocenters. The van der Waals surface area contributed by atoms with E-state index in [1.165, 1.54) is 20.8 Å². The van der Waals surface area contributed by atoms with Crippen LogP contribution in [0.4, 0.5) is 0 Å². The number of carbonyl (C=O) groups excluding carboxylic acids is 10. The first-order chi connectivity index (χ1) is 35.9. The van der Waals surface area contributed by atoms with Gasteiger partial charge < -0.3 is 73.7 Å². The Morgan fingerprint density at radius 3 is 1.21 bits per heavy atom. The molecule has 0 saturated heterocycles. The van der Waals surface area contributed by atoms with Gasteiger partial charge in [-0.25, -0.2) is 0 Å². The zero-order chi connectivity index (χ0) is 59.2. The van der Waals surface area contributed by atoms with Crippen LogP contribution in [-0.4, -0.2) is 153 Å². The average Bonchev–Trinajstić information content (AvgIpc) is 3.33. The predicted octanol–water partition coefficient (Wildman–Crippen LogP) is 0.328. The van der Waals surface area contributed by atoms with Crippen LogP contribution in [0.2, 0.25) is 0 Å². The summed E-state index contributed by atoms with van der Waals surface area (Å²) in [6.45, 7) is 17.5. The number of aldehydes is 1. The largest absolute Gasteiger partial charge is 0.481 e. The van der Waals surface area contributed by atoms with Gasteiger partial charge in [0.1, 0.15) is 59.7 Å². The predicted molar refractivity (Wildman–Crippen MR) is 285 cm³/mol. The number of aliphatic carboxylic acids is 2. The summed E-state index contributed by atoms with van der Waals surface area (Å²) in [7, 11) is 0. The number of carboxylic acid groups (broad SMARTS) is 2. The van der Waals surface area contributed by atoms with Crippen LogP contribution in [0.5, 0.6) is 0 Å². The highest BCUT2D eigenvalue weighted by atomic mass is 16.4. The molecule has 0 rings (SSSR count). The fraction of sp³-hybridized carbons (Fsp3) is 0.769. The smallest absolute Gasteiger partial charge is 0.305 e. The van der Waals surface area contributed by atoms with Crippen LogP contribution >= 0.6 is 0 Å². The van der Waals surface area contributed by atoms with Crippen LogP contribution in [-0.2, 0) is 57.5 Å². The molecule has 0 fully saturated rings. The maximum Gasteiger partial charge on any atom is 0.305 e. The lowest BCUT2D eigenvalue weighted by atomic mass is 9.91. The Balaban J connectivity index is 6.96. The van der Waals surface area contributed by atoms with Gasteiger partial charge in [0.15, 0.2) is 0 Å². The van der Waals surface area contributed by atoms with Crippen LogP contribution < -0.4 is 53.6 Å². The Labute approximate surface area is 453 Å². The fourth-order valence-corrected chi connectivity index (χ4v) is 8.13. The molecule has 0 aromatic carbocycles. The highest BCUT2D eigenvalue weighted by Crippen LogP contribution is 2.21. The van der Waals surface area contributed by atoms with Gasteiger partial charge >= 0.3 is 11.9 Å². The van der Waals surface area contributed by atoms with Crippen molar-refractivity contribution < 1.29 is 72.9 Å². The van der Waals surface area contributed by atoms with Crippen molar-refractivity contribution in [2.24, 2.45) is 23.5 Å². The first-order valence-corrected chi connectivity index (χ1v) is 26.9. The molecule has 0 spiro atoms. The molecule has 0 aliphatic rings. The third-order valence-corrected chi connectivity index (χ3v) is 12.5. The van der Waals surface area contributed by atoms with E-state index < -0.39 is 144 Å². The number of unbranched alkanes of at least 4 members (excludes halogenated alkanes) is 6. The van der Waals surface area contributed by atoms with E-state index in [9.17, 15) is 72.9 Å². The zero-order valence-corrected chi connectivity index (χ0v) is 47.2. The second kappa shape index (κ2) is 36.0. The van der Waals surface area contributed by atoms with E-state index in [-0.39, 0.29) is 49.9 Å². The molecule has 25 nitrogen and oxygen atoms in total. The Kier molecular flexibility index (Phi) is 33.1. The van der Waals surface area contributed by atoms with Crippen LogP contribution in [0.25, 0.3) is 0 Å². The molecule has 440 valence electrons. The number of nitrogens with two attached hydrogens (primary N) is 1. The van der Waals surface area contributed by atoms with Gasteiger partial charge in [-0.3, -0.25) is 52.7 Å². The molecular weight excluding hydrogens is 1000 g/mol. The number of rotatable bonds is 40. The number of hydrogen-bond acceptors (Lipinski definition) is 14. The van der Waals surface area contributed by atoms with Gasteiger partial charge in [-0.05, 0) is 70.6 Å². The topological polar surface area (TPSA) is 400 Å². The molecule has 0 aliphatic heterocycles. The van der Waals surface area contributed by atoms with Gasteiger partial charge in [-0.1, -0.05) is 107 Å². The van der Waals surface area contributed by atoms with Gasteiger partial charge in [0.2, 0.25) is 53.2 Å². The van der Waals surface area contributed by atoms with Crippen molar-refractivity contribution >= 4 is 71.4 Å². The van der Waals surface area contributed by atoms with Crippen molar-refractivity contribution in [3.63, 3.8) is 0 Å². The van der Waals surface area contributed by atoms with Gasteiger partial charge in [-0.2, -0.15) is 0 Å². The monoisotopic (exact) mass is 1100 g/mol. The lowest BCUT2D eigenvalue weighted by molar-refractivity contribution is -0.143. The SMILES string of the molecule is CCCCCC[C@](C)(NC(=O)CN)C(=O)N[C@@H](CC(C)C)C(=O)N[C@@H](CC(=O)O)C(=O)N[C@@](C)(CCCCCC)C(=O)N[C@@H](CC(C)C)C(=O)N[C@@H](CC(=O)O)C(=O)N[C@@H](CC(C)C)C(=O)N[C@@H](C)C(=O)N[C@H](C=O)CO. The Morgan fingerprint density at radius 1 is 0.481 bits per heavy atom. The van der Waals surface area contributed by atoms with Crippen molar-refractivity contribution in [1.29, 1.82) is 0 Å². The minimum atomic E-state index is -1.89. The van der Waals surface area contributed by atoms with E-state index >= 15 is 0 Å². The molecule has 0 radical (unpaired) electrons. The van der Waals surface area contributed by atoms with Crippen molar-refractivity contribution in [3.8, 4) is 0 Å². The lowest BCUT2D eigenvalue weighted by Crippen LogP contribution is -2.65. The van der Waals surface area contributed by atoms with E-state index in [0.29, 0.717) is 25.5 Å². The van der Waals surface area contributed by atoms with E-state index in [1.54, 1.807) is 41.5 Å². The maximum absolute atomic E-state index is 14.6. The van der Waals surface area contributed by atoms with E-state index in [1.807, 2.05) is 13.8 Å². The Bertz CT molecular complexity index is 1990.